The van der Waals surface area contributed by atoms with Crippen LogP contribution in [-0.2, 0) is 6.42 Å². The van der Waals surface area contributed by atoms with Gasteiger partial charge in [-0.2, -0.15) is 0 Å². The molecule has 1 unspecified atom stereocenters. The third-order valence-electron chi connectivity index (χ3n) is 3.32. The van der Waals surface area contributed by atoms with Gasteiger partial charge in [0.25, 0.3) is 0 Å². The van der Waals surface area contributed by atoms with Gasteiger partial charge in [-0.05, 0) is 37.9 Å². The average Bonchev–Trinajstić information content (AvgIpc) is 2.83. The lowest BCUT2D eigenvalue weighted by Crippen LogP contribution is -2.24. The highest BCUT2D eigenvalue weighted by Gasteiger charge is 2.16. The summed E-state index contributed by atoms with van der Waals surface area (Å²) >= 11 is 5.46. The molecule has 0 saturated carbocycles. The maximum Gasteiger partial charge on any atom is 0.0897 e. The summed E-state index contributed by atoms with van der Waals surface area (Å²) in [5.41, 5.74) is 3.78. The number of nitrogens with one attached hydrogen (secondary N) is 1. The Bertz CT molecular complexity index is 565. The van der Waals surface area contributed by atoms with Crippen LogP contribution in [0.15, 0.2) is 28.1 Å². The van der Waals surface area contributed by atoms with Crippen LogP contribution >= 0.6 is 27.3 Å². The van der Waals surface area contributed by atoms with Crippen LogP contribution < -0.4 is 5.32 Å². The van der Waals surface area contributed by atoms with Crippen LogP contribution in [0.25, 0.3) is 0 Å². The van der Waals surface area contributed by atoms with Crippen LogP contribution in [-0.4, -0.2) is 11.5 Å². The molecule has 20 heavy (non-hydrogen) atoms. The van der Waals surface area contributed by atoms with Gasteiger partial charge in [0.2, 0.25) is 0 Å². The summed E-state index contributed by atoms with van der Waals surface area (Å²) in [6, 6.07) is 6.77. The topological polar surface area (TPSA) is 24.9 Å². The number of thiazole rings is 1. The first-order valence-corrected chi connectivity index (χ1v) is 8.68. The van der Waals surface area contributed by atoms with E-state index in [1.807, 2.05) is 0 Å². The van der Waals surface area contributed by atoms with Crippen LogP contribution in [0.5, 0.6) is 0 Å². The summed E-state index contributed by atoms with van der Waals surface area (Å²) in [4.78, 5) is 4.60. The van der Waals surface area contributed by atoms with E-state index < -0.39 is 0 Å². The van der Waals surface area contributed by atoms with Crippen LogP contribution in [0.3, 0.4) is 0 Å². The quantitative estimate of drug-likeness (QED) is 0.806. The Labute approximate surface area is 133 Å². The summed E-state index contributed by atoms with van der Waals surface area (Å²) in [6.45, 7) is 7.42. The van der Waals surface area contributed by atoms with Crippen LogP contribution in [0.1, 0.15) is 41.2 Å². The second kappa shape index (κ2) is 7.34. The molecule has 0 fully saturated rings. The lowest BCUT2D eigenvalue weighted by molar-refractivity contribution is 0.523. The van der Waals surface area contributed by atoms with Gasteiger partial charge in [0.05, 0.1) is 10.7 Å². The van der Waals surface area contributed by atoms with E-state index >= 15 is 0 Å². The Morgan fingerprint density at radius 1 is 1.35 bits per heavy atom. The van der Waals surface area contributed by atoms with Crippen LogP contribution in [0, 0.1) is 13.8 Å². The molecular formula is C16H21BrN2S. The van der Waals surface area contributed by atoms with E-state index in [1.54, 1.807) is 11.3 Å². The highest BCUT2D eigenvalue weighted by molar-refractivity contribution is 9.10. The van der Waals surface area contributed by atoms with Crippen molar-refractivity contribution in [2.75, 3.05) is 6.54 Å². The molecule has 0 bridgehead atoms. The normalized spacial score (nSPS) is 12.6. The molecule has 4 heteroatoms. The molecule has 2 aromatic rings. The maximum absolute atomic E-state index is 4.60. The number of hydrogen-bond acceptors (Lipinski definition) is 3. The first kappa shape index (κ1) is 15.7. The number of rotatable bonds is 6. The van der Waals surface area contributed by atoms with Gasteiger partial charge in [-0.1, -0.05) is 41.1 Å². The molecule has 0 aliphatic carbocycles. The fourth-order valence-electron chi connectivity index (χ4n) is 2.26. The molecule has 0 radical (unpaired) electrons. The number of halogens is 1. The minimum atomic E-state index is 0.311. The molecule has 1 aromatic heterocycles. The second-order valence-corrected chi connectivity index (χ2v) is 6.90. The molecule has 0 aliphatic heterocycles. The predicted molar refractivity (Wildman–Crippen MR) is 90.5 cm³/mol. The zero-order chi connectivity index (χ0) is 14.5. The molecule has 2 rings (SSSR count). The summed E-state index contributed by atoms with van der Waals surface area (Å²) in [5.74, 6) is 0. The van der Waals surface area contributed by atoms with Gasteiger partial charge < -0.3 is 5.32 Å². The molecule has 108 valence electrons. The SMILES string of the molecule is CCCNC(Cc1csc(C)n1)c1cccc(C)c1Br. The second-order valence-electron chi connectivity index (χ2n) is 5.05. The van der Waals surface area contributed by atoms with Crippen molar-refractivity contribution < 1.29 is 0 Å². The molecule has 1 heterocycles. The van der Waals surface area contributed by atoms with E-state index in [9.17, 15) is 0 Å². The van der Waals surface area contributed by atoms with Crippen molar-refractivity contribution in [3.8, 4) is 0 Å². The van der Waals surface area contributed by atoms with Gasteiger partial charge in [-0.15, -0.1) is 11.3 Å². The van der Waals surface area contributed by atoms with Crippen LogP contribution in [0.2, 0.25) is 0 Å². The molecule has 2 nitrogen and oxygen atoms in total. The van der Waals surface area contributed by atoms with Gasteiger partial charge >= 0.3 is 0 Å². The summed E-state index contributed by atoms with van der Waals surface area (Å²) in [6.07, 6.45) is 2.07. The molecule has 1 aromatic carbocycles. The lowest BCUT2D eigenvalue weighted by Gasteiger charge is -2.20. The van der Waals surface area contributed by atoms with Crippen molar-refractivity contribution in [1.82, 2.24) is 10.3 Å². The zero-order valence-electron chi connectivity index (χ0n) is 12.2. The Balaban J connectivity index is 2.24. The van der Waals surface area contributed by atoms with E-state index in [1.165, 1.54) is 21.3 Å². The summed E-state index contributed by atoms with van der Waals surface area (Å²) in [7, 11) is 0. The molecule has 0 amide bonds. The first-order chi connectivity index (χ1) is 9.61. The number of benzene rings is 1. The number of aromatic nitrogens is 1. The monoisotopic (exact) mass is 352 g/mol. The Morgan fingerprint density at radius 3 is 2.80 bits per heavy atom. The average molecular weight is 353 g/mol. The third kappa shape index (κ3) is 3.90. The van der Waals surface area contributed by atoms with Crippen molar-refractivity contribution in [2.24, 2.45) is 0 Å². The number of aryl methyl sites for hydroxylation is 2. The van der Waals surface area contributed by atoms with E-state index in [4.69, 9.17) is 0 Å². The smallest absolute Gasteiger partial charge is 0.0897 e. The molecular weight excluding hydrogens is 332 g/mol. The fraction of sp³-hybridized carbons (Fsp3) is 0.438. The van der Waals surface area contributed by atoms with Crippen molar-refractivity contribution in [2.45, 2.75) is 39.7 Å². The van der Waals surface area contributed by atoms with Crippen molar-refractivity contribution in [1.29, 1.82) is 0 Å². The van der Waals surface area contributed by atoms with E-state index in [-0.39, 0.29) is 0 Å². The van der Waals surface area contributed by atoms with Gasteiger partial charge in [-0.25, -0.2) is 4.98 Å². The highest BCUT2D eigenvalue weighted by atomic mass is 79.9. The van der Waals surface area contributed by atoms with Gasteiger partial charge in [-0.3, -0.25) is 0 Å². The molecule has 0 spiro atoms. The van der Waals surface area contributed by atoms with Gasteiger partial charge in [0, 0.05) is 22.3 Å². The lowest BCUT2D eigenvalue weighted by atomic mass is 10.0. The standard InChI is InChI=1S/C16H21BrN2S/c1-4-8-18-15(9-13-10-20-12(3)19-13)14-7-5-6-11(2)16(14)17/h5-7,10,15,18H,4,8-9H2,1-3H3. The molecule has 0 saturated heterocycles. The first-order valence-electron chi connectivity index (χ1n) is 7.01. The Kier molecular flexibility index (Phi) is 5.75. The van der Waals surface area contributed by atoms with Crippen molar-refractivity contribution >= 4 is 27.3 Å². The predicted octanol–water partition coefficient (Wildman–Crippen LogP) is 4.81. The summed E-state index contributed by atoms with van der Waals surface area (Å²) in [5, 5.41) is 6.95. The van der Waals surface area contributed by atoms with E-state index in [0.29, 0.717) is 6.04 Å². The van der Waals surface area contributed by atoms with Gasteiger partial charge in [0.1, 0.15) is 0 Å². The fourth-order valence-corrected chi connectivity index (χ4v) is 3.43. The Hall–Kier alpha value is -0.710. The highest BCUT2D eigenvalue weighted by Crippen LogP contribution is 2.29. The zero-order valence-corrected chi connectivity index (χ0v) is 14.6. The van der Waals surface area contributed by atoms with E-state index in [2.05, 4.69) is 70.6 Å². The van der Waals surface area contributed by atoms with Crippen LogP contribution in [0.4, 0.5) is 0 Å². The van der Waals surface area contributed by atoms with Gasteiger partial charge in [0.15, 0.2) is 0 Å². The Morgan fingerprint density at radius 2 is 2.15 bits per heavy atom. The van der Waals surface area contributed by atoms with Crippen molar-refractivity contribution in [3.63, 3.8) is 0 Å². The maximum atomic E-state index is 4.60. The third-order valence-corrected chi connectivity index (χ3v) is 5.22. The molecule has 1 N–H and O–H groups in total. The number of hydrogen-bond donors (Lipinski definition) is 1. The largest absolute Gasteiger partial charge is 0.310 e. The van der Waals surface area contributed by atoms with Crippen molar-refractivity contribution in [3.05, 3.63) is 49.9 Å². The summed E-state index contributed by atoms with van der Waals surface area (Å²) < 4.78 is 1.21. The molecule has 1 atom stereocenters. The number of nitrogens with zero attached hydrogens (tertiary/aromatic N) is 1. The minimum Gasteiger partial charge on any atom is -0.310 e. The molecule has 0 aliphatic rings. The van der Waals surface area contributed by atoms with E-state index in [0.717, 1.165) is 24.4 Å². The minimum absolute atomic E-state index is 0.311.